The van der Waals surface area contributed by atoms with Gasteiger partial charge in [-0.15, -0.1) is 0 Å². The number of hydrogen-bond donors (Lipinski definition) is 3. The predicted octanol–water partition coefficient (Wildman–Crippen LogP) is 2.68. The van der Waals surface area contributed by atoms with Crippen molar-refractivity contribution in [3.8, 4) is 0 Å². The van der Waals surface area contributed by atoms with E-state index in [4.69, 9.17) is 0 Å². The van der Waals surface area contributed by atoms with Crippen LogP contribution in [0.1, 0.15) is 44.9 Å². The molecule has 3 N–H and O–H groups in total. The number of amides is 2. The third-order valence-corrected chi connectivity index (χ3v) is 6.22. The second-order valence-electron chi connectivity index (χ2n) is 8.29. The normalized spacial score (nSPS) is 23.4. The molecule has 5 rings (SSSR count). The zero-order valence-electron chi connectivity index (χ0n) is 16.8. The molecule has 3 aromatic rings. The fourth-order valence-corrected chi connectivity index (χ4v) is 4.64. The number of aromatic amines is 1. The Labute approximate surface area is 176 Å². The molecule has 0 aromatic carbocycles. The lowest BCUT2D eigenvalue weighted by Crippen LogP contribution is -2.31. The highest BCUT2D eigenvalue weighted by Gasteiger charge is 2.63. The van der Waals surface area contributed by atoms with Crippen LogP contribution in [-0.4, -0.2) is 45.8 Å². The number of H-pyrrole nitrogens is 1. The summed E-state index contributed by atoms with van der Waals surface area (Å²) in [6, 6.07) is 6.63. The molecule has 7 nitrogen and oxygen atoms in total. The van der Waals surface area contributed by atoms with Crippen LogP contribution in [0.15, 0.2) is 36.7 Å². The molecule has 9 heteroatoms. The van der Waals surface area contributed by atoms with Gasteiger partial charge in [-0.2, -0.15) is 0 Å². The molecule has 0 spiro atoms. The van der Waals surface area contributed by atoms with E-state index < -0.39 is 11.8 Å². The lowest BCUT2D eigenvalue weighted by molar-refractivity contribution is -0.00623. The summed E-state index contributed by atoms with van der Waals surface area (Å²) in [5.41, 5.74) is 2.68. The number of nitrogens with one attached hydrogen (secondary N) is 3. The Morgan fingerprint density at radius 2 is 1.97 bits per heavy atom. The van der Waals surface area contributed by atoms with Gasteiger partial charge in [-0.25, -0.2) is 18.7 Å². The second kappa shape index (κ2) is 7.11. The number of nitrogens with zero attached hydrogens (tertiary/aromatic N) is 2. The van der Waals surface area contributed by atoms with E-state index in [1.54, 1.807) is 18.5 Å². The Bertz CT molecular complexity index is 1180. The minimum Gasteiger partial charge on any atom is -0.354 e. The van der Waals surface area contributed by atoms with Crippen molar-refractivity contribution in [3.63, 3.8) is 0 Å². The van der Waals surface area contributed by atoms with Gasteiger partial charge in [-0.3, -0.25) is 9.59 Å². The molecule has 2 saturated carbocycles. The summed E-state index contributed by atoms with van der Waals surface area (Å²) < 4.78 is 26.8. The van der Waals surface area contributed by atoms with Gasteiger partial charge in [0.05, 0.1) is 0 Å². The standard InChI is InChI=1S/C22H21F2N5O2/c1-25-21(31)17-8-12(20(30)29-18-15-9-22(23,24)10-16(15)18)7-13(28-17)6-11-2-4-26-19-14(11)3-5-27-19/h2-5,7-8,15-16,18H,6,9-10H2,1H3,(H,25,31)(H,26,27)(H,29,30). The molecule has 3 heterocycles. The molecule has 0 bridgehead atoms. The van der Waals surface area contributed by atoms with Gasteiger partial charge in [0.1, 0.15) is 11.3 Å². The molecule has 31 heavy (non-hydrogen) atoms. The van der Waals surface area contributed by atoms with E-state index in [2.05, 4.69) is 25.6 Å². The summed E-state index contributed by atoms with van der Waals surface area (Å²) in [7, 11) is 1.49. The summed E-state index contributed by atoms with van der Waals surface area (Å²) in [5, 5.41) is 6.33. The Kier molecular flexibility index (Phi) is 4.49. The number of alkyl halides is 2. The smallest absolute Gasteiger partial charge is 0.269 e. The maximum atomic E-state index is 13.4. The van der Waals surface area contributed by atoms with Crippen molar-refractivity contribution >= 4 is 22.8 Å². The molecule has 2 unspecified atom stereocenters. The Morgan fingerprint density at radius 1 is 1.19 bits per heavy atom. The minimum absolute atomic E-state index is 0.132. The third-order valence-electron chi connectivity index (χ3n) is 6.22. The van der Waals surface area contributed by atoms with Crippen molar-refractivity contribution in [1.29, 1.82) is 0 Å². The lowest BCUT2D eigenvalue weighted by atomic mass is 10.0. The minimum atomic E-state index is -2.62. The van der Waals surface area contributed by atoms with Gasteiger partial charge in [-0.1, -0.05) is 0 Å². The van der Waals surface area contributed by atoms with Crippen LogP contribution < -0.4 is 10.6 Å². The van der Waals surface area contributed by atoms with Crippen molar-refractivity contribution in [2.24, 2.45) is 11.8 Å². The number of halogens is 2. The van der Waals surface area contributed by atoms with Gasteiger partial charge in [0.25, 0.3) is 11.8 Å². The van der Waals surface area contributed by atoms with E-state index in [-0.39, 0.29) is 42.3 Å². The Morgan fingerprint density at radius 3 is 2.71 bits per heavy atom. The van der Waals surface area contributed by atoms with Crippen LogP contribution >= 0.6 is 0 Å². The number of pyridine rings is 2. The van der Waals surface area contributed by atoms with Crippen LogP contribution in [-0.2, 0) is 6.42 Å². The van der Waals surface area contributed by atoms with E-state index >= 15 is 0 Å². The highest BCUT2D eigenvalue weighted by molar-refractivity contribution is 5.99. The van der Waals surface area contributed by atoms with Gasteiger partial charge in [0.2, 0.25) is 5.92 Å². The predicted molar refractivity (Wildman–Crippen MR) is 109 cm³/mol. The Hall–Kier alpha value is -3.36. The highest BCUT2D eigenvalue weighted by Crippen LogP contribution is 2.58. The van der Waals surface area contributed by atoms with Crippen molar-refractivity contribution in [2.75, 3.05) is 7.05 Å². The largest absolute Gasteiger partial charge is 0.354 e. The summed E-state index contributed by atoms with van der Waals surface area (Å²) in [6.07, 6.45) is 3.53. The van der Waals surface area contributed by atoms with Gasteiger partial charge in [0, 0.05) is 61.4 Å². The first-order valence-electron chi connectivity index (χ1n) is 10.2. The number of fused-ring (bicyclic) bond motifs is 2. The third kappa shape index (κ3) is 3.64. The highest BCUT2D eigenvalue weighted by atomic mass is 19.3. The first-order chi connectivity index (χ1) is 14.8. The van der Waals surface area contributed by atoms with Crippen molar-refractivity contribution < 1.29 is 18.4 Å². The van der Waals surface area contributed by atoms with E-state index in [9.17, 15) is 18.4 Å². The molecule has 0 saturated heterocycles. The van der Waals surface area contributed by atoms with Crippen LogP contribution in [0, 0.1) is 11.8 Å². The molecule has 2 fully saturated rings. The molecular weight excluding hydrogens is 404 g/mol. The number of aromatic nitrogens is 3. The second-order valence-corrected chi connectivity index (χ2v) is 8.29. The molecule has 2 aliphatic rings. The number of carbonyl (C=O) groups excluding carboxylic acids is 2. The average Bonchev–Trinajstić information content (AvgIpc) is 3.11. The molecule has 2 atom stereocenters. The quantitative estimate of drug-likeness (QED) is 0.585. The fraction of sp³-hybridized carbons (Fsp3) is 0.364. The van der Waals surface area contributed by atoms with Gasteiger partial charge < -0.3 is 15.6 Å². The van der Waals surface area contributed by atoms with Crippen molar-refractivity contribution in [3.05, 3.63) is 59.2 Å². The van der Waals surface area contributed by atoms with Gasteiger partial charge >= 0.3 is 0 Å². The average molecular weight is 425 g/mol. The molecular formula is C22H21F2N5O2. The molecule has 3 aromatic heterocycles. The van der Waals surface area contributed by atoms with E-state index in [0.717, 1.165) is 16.6 Å². The number of hydrogen-bond acceptors (Lipinski definition) is 4. The monoisotopic (exact) mass is 425 g/mol. The van der Waals surface area contributed by atoms with E-state index in [1.807, 2.05) is 12.1 Å². The first-order valence-corrected chi connectivity index (χ1v) is 10.2. The number of rotatable bonds is 5. The topological polar surface area (TPSA) is 99.8 Å². The van der Waals surface area contributed by atoms with Crippen LogP contribution in [0.5, 0.6) is 0 Å². The fourth-order valence-electron chi connectivity index (χ4n) is 4.64. The van der Waals surface area contributed by atoms with Gasteiger partial charge in [-0.05, 0) is 41.7 Å². The van der Waals surface area contributed by atoms with Gasteiger partial charge in [0.15, 0.2) is 0 Å². The molecule has 0 radical (unpaired) electrons. The summed E-state index contributed by atoms with van der Waals surface area (Å²) >= 11 is 0. The summed E-state index contributed by atoms with van der Waals surface area (Å²) in [4.78, 5) is 36.8. The lowest BCUT2D eigenvalue weighted by Gasteiger charge is -2.14. The molecule has 0 aliphatic heterocycles. The summed E-state index contributed by atoms with van der Waals surface area (Å²) in [5.74, 6) is -3.74. The van der Waals surface area contributed by atoms with Crippen LogP contribution in [0.25, 0.3) is 11.0 Å². The van der Waals surface area contributed by atoms with Crippen LogP contribution in [0.2, 0.25) is 0 Å². The van der Waals surface area contributed by atoms with E-state index in [0.29, 0.717) is 17.7 Å². The first kappa shape index (κ1) is 19.6. The molecule has 2 aliphatic carbocycles. The summed E-state index contributed by atoms with van der Waals surface area (Å²) in [6.45, 7) is 0. The molecule has 2 amide bonds. The zero-order valence-corrected chi connectivity index (χ0v) is 16.8. The maximum Gasteiger partial charge on any atom is 0.269 e. The van der Waals surface area contributed by atoms with Crippen molar-refractivity contribution in [1.82, 2.24) is 25.6 Å². The molecule has 160 valence electrons. The zero-order chi connectivity index (χ0) is 21.8. The van der Waals surface area contributed by atoms with Crippen LogP contribution in [0.3, 0.4) is 0 Å². The maximum absolute atomic E-state index is 13.4. The van der Waals surface area contributed by atoms with Crippen molar-refractivity contribution in [2.45, 2.75) is 31.2 Å². The number of carbonyl (C=O) groups is 2. The van der Waals surface area contributed by atoms with E-state index in [1.165, 1.54) is 13.1 Å². The Balaban J connectivity index is 1.40. The SMILES string of the molecule is CNC(=O)c1cc(C(=O)NC2C3CC(F)(F)CC32)cc(Cc2ccnc3[nH]ccc23)n1. The van der Waals surface area contributed by atoms with Crippen LogP contribution in [0.4, 0.5) is 8.78 Å².